The second-order valence-corrected chi connectivity index (χ2v) is 6.88. The molecule has 5 nitrogen and oxygen atoms in total. The van der Waals surface area contributed by atoms with Crippen molar-refractivity contribution < 1.29 is 9.90 Å². The summed E-state index contributed by atoms with van der Waals surface area (Å²) < 4.78 is 1.64. The Labute approximate surface area is 147 Å². The zero-order valence-electron chi connectivity index (χ0n) is 14.6. The minimum atomic E-state index is -0.966. The third-order valence-electron chi connectivity index (χ3n) is 3.70. The highest BCUT2D eigenvalue weighted by Crippen LogP contribution is 2.23. The molecule has 0 unspecified atom stereocenters. The minimum Gasteiger partial charge on any atom is -0.389 e. The van der Waals surface area contributed by atoms with Gasteiger partial charge in [0.25, 0.3) is 5.91 Å². The van der Waals surface area contributed by atoms with Crippen LogP contribution in [0.2, 0.25) is 5.15 Å². The SMILES string of the molecule is CCN(CC(C)(C)O)C(=O)c1c(C)nn(Cc2ccccc2)c1Cl. The molecule has 130 valence electrons. The van der Waals surface area contributed by atoms with Crippen LogP contribution in [0.15, 0.2) is 30.3 Å². The lowest BCUT2D eigenvalue weighted by Gasteiger charge is -2.28. The molecule has 0 saturated heterocycles. The summed E-state index contributed by atoms with van der Waals surface area (Å²) in [5, 5.41) is 14.7. The van der Waals surface area contributed by atoms with Crippen LogP contribution in [0.1, 0.15) is 42.4 Å². The smallest absolute Gasteiger partial charge is 0.258 e. The van der Waals surface area contributed by atoms with Crippen LogP contribution in [0.3, 0.4) is 0 Å². The standard InChI is InChI=1S/C18H24ClN3O2/c1-5-21(12-18(3,4)24)17(23)15-13(2)20-22(16(15)19)11-14-9-7-6-8-10-14/h6-10,24H,5,11-12H2,1-4H3. The molecule has 1 heterocycles. The maximum absolute atomic E-state index is 12.8. The third kappa shape index (κ3) is 4.36. The predicted octanol–water partition coefficient (Wildman–Crippen LogP) is 3.13. The number of rotatable bonds is 6. The summed E-state index contributed by atoms with van der Waals surface area (Å²) in [6.07, 6.45) is 0. The van der Waals surface area contributed by atoms with Gasteiger partial charge in [-0.15, -0.1) is 0 Å². The Balaban J connectivity index is 2.29. The van der Waals surface area contributed by atoms with Crippen LogP contribution in [-0.2, 0) is 6.54 Å². The van der Waals surface area contributed by atoms with Crippen LogP contribution in [0, 0.1) is 6.92 Å². The van der Waals surface area contributed by atoms with Crippen molar-refractivity contribution in [1.82, 2.24) is 14.7 Å². The number of aryl methyl sites for hydroxylation is 1. The fourth-order valence-electron chi connectivity index (χ4n) is 2.61. The molecule has 0 aliphatic heterocycles. The number of carbonyl (C=O) groups excluding carboxylic acids is 1. The summed E-state index contributed by atoms with van der Waals surface area (Å²) in [6, 6.07) is 9.83. The van der Waals surface area contributed by atoms with Crippen molar-refractivity contribution in [2.45, 2.75) is 39.8 Å². The van der Waals surface area contributed by atoms with E-state index in [0.29, 0.717) is 29.5 Å². The maximum Gasteiger partial charge on any atom is 0.258 e. The van der Waals surface area contributed by atoms with Gasteiger partial charge in [0, 0.05) is 13.1 Å². The van der Waals surface area contributed by atoms with Crippen LogP contribution in [0.5, 0.6) is 0 Å². The highest BCUT2D eigenvalue weighted by molar-refractivity contribution is 6.33. The monoisotopic (exact) mass is 349 g/mol. The van der Waals surface area contributed by atoms with E-state index in [9.17, 15) is 9.90 Å². The Hall–Kier alpha value is -1.85. The van der Waals surface area contributed by atoms with E-state index < -0.39 is 5.60 Å². The van der Waals surface area contributed by atoms with Gasteiger partial charge in [0.15, 0.2) is 0 Å². The molecular weight excluding hydrogens is 326 g/mol. The molecular formula is C18H24ClN3O2. The van der Waals surface area contributed by atoms with Gasteiger partial charge in [0.05, 0.1) is 23.4 Å². The lowest BCUT2D eigenvalue weighted by molar-refractivity contribution is 0.0314. The molecule has 0 saturated carbocycles. The van der Waals surface area contributed by atoms with Crippen LogP contribution < -0.4 is 0 Å². The molecule has 24 heavy (non-hydrogen) atoms. The van der Waals surface area contributed by atoms with Gasteiger partial charge >= 0.3 is 0 Å². The van der Waals surface area contributed by atoms with E-state index >= 15 is 0 Å². The molecule has 6 heteroatoms. The second kappa shape index (κ2) is 7.36. The molecule has 0 bridgehead atoms. The van der Waals surface area contributed by atoms with Gasteiger partial charge in [-0.1, -0.05) is 41.9 Å². The highest BCUT2D eigenvalue weighted by Gasteiger charge is 2.27. The first kappa shape index (κ1) is 18.5. The van der Waals surface area contributed by atoms with Gasteiger partial charge in [-0.2, -0.15) is 5.10 Å². The molecule has 1 amide bonds. The van der Waals surface area contributed by atoms with Crippen molar-refractivity contribution in [3.63, 3.8) is 0 Å². The van der Waals surface area contributed by atoms with E-state index in [1.165, 1.54) is 0 Å². The molecule has 2 rings (SSSR count). The number of hydrogen-bond acceptors (Lipinski definition) is 3. The fourth-order valence-corrected chi connectivity index (χ4v) is 2.92. The molecule has 1 aromatic heterocycles. The van der Waals surface area contributed by atoms with Crippen molar-refractivity contribution >= 4 is 17.5 Å². The van der Waals surface area contributed by atoms with Gasteiger partial charge in [0.1, 0.15) is 5.15 Å². The largest absolute Gasteiger partial charge is 0.389 e. The molecule has 0 spiro atoms. The normalized spacial score (nSPS) is 11.6. The molecule has 1 N–H and O–H groups in total. The average molecular weight is 350 g/mol. The summed E-state index contributed by atoms with van der Waals surface area (Å²) in [5.74, 6) is -0.207. The van der Waals surface area contributed by atoms with E-state index in [-0.39, 0.29) is 12.5 Å². The van der Waals surface area contributed by atoms with Gasteiger partial charge in [-0.3, -0.25) is 4.79 Å². The van der Waals surface area contributed by atoms with Crippen molar-refractivity contribution in [1.29, 1.82) is 0 Å². The molecule has 0 fully saturated rings. The van der Waals surface area contributed by atoms with E-state index in [2.05, 4.69) is 5.10 Å². The Morgan fingerprint density at radius 1 is 1.33 bits per heavy atom. The van der Waals surface area contributed by atoms with Gasteiger partial charge in [-0.25, -0.2) is 4.68 Å². The summed E-state index contributed by atoms with van der Waals surface area (Å²) in [4.78, 5) is 14.4. The van der Waals surface area contributed by atoms with Crippen molar-refractivity contribution in [3.05, 3.63) is 52.3 Å². The Morgan fingerprint density at radius 2 is 1.96 bits per heavy atom. The molecule has 0 aliphatic rings. The van der Waals surface area contributed by atoms with E-state index in [0.717, 1.165) is 5.56 Å². The van der Waals surface area contributed by atoms with E-state index in [4.69, 9.17) is 11.6 Å². The first-order chi connectivity index (χ1) is 11.2. The van der Waals surface area contributed by atoms with Gasteiger partial charge < -0.3 is 10.0 Å². The summed E-state index contributed by atoms with van der Waals surface area (Å²) in [7, 11) is 0. The molecule has 0 radical (unpaired) electrons. The lowest BCUT2D eigenvalue weighted by atomic mass is 10.1. The van der Waals surface area contributed by atoms with Crippen molar-refractivity contribution in [3.8, 4) is 0 Å². The van der Waals surface area contributed by atoms with Crippen LogP contribution in [-0.4, -0.2) is 44.4 Å². The highest BCUT2D eigenvalue weighted by atomic mass is 35.5. The summed E-state index contributed by atoms with van der Waals surface area (Å²) in [6.45, 7) is 8.24. The van der Waals surface area contributed by atoms with E-state index in [1.54, 1.807) is 30.4 Å². The molecule has 0 aliphatic carbocycles. The van der Waals surface area contributed by atoms with Gasteiger partial charge in [0.2, 0.25) is 0 Å². The minimum absolute atomic E-state index is 0.207. The van der Waals surface area contributed by atoms with Crippen LogP contribution in [0.4, 0.5) is 0 Å². The summed E-state index contributed by atoms with van der Waals surface area (Å²) in [5.41, 5.74) is 1.09. The Kier molecular flexibility index (Phi) is 5.67. The zero-order valence-corrected chi connectivity index (χ0v) is 15.3. The lowest BCUT2D eigenvalue weighted by Crippen LogP contribution is -2.42. The summed E-state index contributed by atoms with van der Waals surface area (Å²) >= 11 is 6.44. The van der Waals surface area contributed by atoms with E-state index in [1.807, 2.05) is 37.3 Å². The number of halogens is 1. The molecule has 0 atom stereocenters. The Morgan fingerprint density at radius 3 is 2.50 bits per heavy atom. The number of nitrogens with zero attached hydrogens (tertiary/aromatic N) is 3. The van der Waals surface area contributed by atoms with Crippen molar-refractivity contribution in [2.24, 2.45) is 0 Å². The number of aliphatic hydroxyl groups is 1. The molecule has 1 aromatic carbocycles. The number of amides is 1. The fraction of sp³-hybridized carbons (Fsp3) is 0.444. The molecule has 2 aromatic rings. The van der Waals surface area contributed by atoms with Crippen LogP contribution >= 0.6 is 11.6 Å². The third-order valence-corrected chi connectivity index (χ3v) is 4.09. The Bertz CT molecular complexity index is 705. The topological polar surface area (TPSA) is 58.4 Å². The number of benzene rings is 1. The quantitative estimate of drug-likeness (QED) is 0.871. The number of carbonyl (C=O) groups is 1. The van der Waals surface area contributed by atoms with Crippen molar-refractivity contribution in [2.75, 3.05) is 13.1 Å². The maximum atomic E-state index is 12.8. The first-order valence-electron chi connectivity index (χ1n) is 8.01. The first-order valence-corrected chi connectivity index (χ1v) is 8.39. The zero-order chi connectivity index (χ0) is 17.9. The predicted molar refractivity (Wildman–Crippen MR) is 95.4 cm³/mol. The number of aromatic nitrogens is 2. The van der Waals surface area contributed by atoms with Gasteiger partial charge in [-0.05, 0) is 33.3 Å². The second-order valence-electron chi connectivity index (χ2n) is 6.53. The van der Waals surface area contributed by atoms with Crippen LogP contribution in [0.25, 0.3) is 0 Å². The number of hydrogen-bond donors (Lipinski definition) is 1. The number of likely N-dealkylation sites (N-methyl/N-ethyl adjacent to an activating group) is 1. The average Bonchev–Trinajstić information content (AvgIpc) is 2.78.